The number of aryl methyl sites for hydroxylation is 2. The fraction of sp³-hybridized carbons (Fsp3) is 0.240. The van der Waals surface area contributed by atoms with E-state index < -0.39 is 28.9 Å². The van der Waals surface area contributed by atoms with Crippen molar-refractivity contribution in [2.24, 2.45) is 0 Å². The third-order valence-corrected chi connectivity index (χ3v) is 6.13. The van der Waals surface area contributed by atoms with Crippen LogP contribution >= 0.6 is 0 Å². The maximum Gasteiger partial charge on any atom is 0.194 e. The molecule has 0 unspecified atom stereocenters. The minimum absolute atomic E-state index is 0.0580. The lowest BCUT2D eigenvalue weighted by molar-refractivity contribution is 0.0387. The highest BCUT2D eigenvalue weighted by Gasteiger charge is 2.40. The summed E-state index contributed by atoms with van der Waals surface area (Å²) in [6, 6.07) is 4.35. The van der Waals surface area contributed by atoms with Gasteiger partial charge >= 0.3 is 0 Å². The highest BCUT2D eigenvalue weighted by Crippen LogP contribution is 2.38. The monoisotopic (exact) mass is 499 g/mol. The summed E-state index contributed by atoms with van der Waals surface area (Å²) in [5.41, 5.74) is -0.581. The van der Waals surface area contributed by atoms with Crippen molar-refractivity contribution in [2.45, 2.75) is 31.9 Å². The predicted octanol–water partition coefficient (Wildman–Crippen LogP) is 4.54. The molecular formula is C25H21F4N5O2. The highest BCUT2D eigenvalue weighted by molar-refractivity contribution is 5.69. The summed E-state index contributed by atoms with van der Waals surface area (Å²) in [5.74, 6) is -4.33. The third kappa shape index (κ3) is 4.05. The molecule has 0 spiro atoms. The Morgan fingerprint density at radius 1 is 1.06 bits per heavy atom. The lowest BCUT2D eigenvalue weighted by atomic mass is 9.86. The van der Waals surface area contributed by atoms with E-state index in [0.29, 0.717) is 24.4 Å². The summed E-state index contributed by atoms with van der Waals surface area (Å²) in [7, 11) is 1.47. The van der Waals surface area contributed by atoms with Gasteiger partial charge < -0.3 is 14.4 Å². The van der Waals surface area contributed by atoms with E-state index in [4.69, 9.17) is 4.74 Å². The van der Waals surface area contributed by atoms with Crippen LogP contribution in [0.15, 0.2) is 36.8 Å². The molecule has 36 heavy (non-hydrogen) atoms. The van der Waals surface area contributed by atoms with Gasteiger partial charge in [-0.15, -0.1) is 0 Å². The molecule has 186 valence electrons. The lowest BCUT2D eigenvalue weighted by Crippen LogP contribution is -2.36. The van der Waals surface area contributed by atoms with Crippen LogP contribution in [0.5, 0.6) is 5.75 Å². The molecule has 7 nitrogen and oxygen atoms in total. The first-order chi connectivity index (χ1) is 17.2. The summed E-state index contributed by atoms with van der Waals surface area (Å²) < 4.78 is 64.6. The average Bonchev–Trinajstić information content (AvgIpc) is 3.48. The Morgan fingerprint density at radius 3 is 2.47 bits per heavy atom. The smallest absolute Gasteiger partial charge is 0.194 e. The predicted molar refractivity (Wildman–Crippen MR) is 122 cm³/mol. The number of hydrogen-bond donors (Lipinski definition) is 1. The quantitative estimate of drug-likeness (QED) is 0.322. The number of hydrogen-bond acceptors (Lipinski definition) is 5. The molecule has 1 aliphatic rings. The minimum Gasteiger partial charge on any atom is -0.495 e. The van der Waals surface area contributed by atoms with Crippen LogP contribution in [-0.2, 0) is 12.1 Å². The highest BCUT2D eigenvalue weighted by atomic mass is 19.2. The van der Waals surface area contributed by atoms with Crippen LogP contribution in [0, 0.1) is 30.2 Å². The molecule has 1 atom stereocenters. The first kappa shape index (κ1) is 23.7. The summed E-state index contributed by atoms with van der Waals surface area (Å²) in [6.45, 7) is 2.23. The van der Waals surface area contributed by atoms with Gasteiger partial charge in [0.15, 0.2) is 29.1 Å². The van der Waals surface area contributed by atoms with Gasteiger partial charge in [-0.05, 0) is 55.7 Å². The number of methoxy groups -OCH3 is 1. The normalized spacial score (nSPS) is 17.5. The molecule has 5 rings (SSSR count). The Balaban J connectivity index is 1.49. The van der Waals surface area contributed by atoms with Crippen molar-refractivity contribution in [2.75, 3.05) is 7.11 Å². The second-order valence-electron chi connectivity index (χ2n) is 8.54. The minimum atomic E-state index is -1.87. The molecular weight excluding hydrogens is 478 g/mol. The van der Waals surface area contributed by atoms with Gasteiger partial charge in [-0.2, -0.15) is 5.10 Å². The molecule has 0 radical (unpaired) electrons. The Morgan fingerprint density at radius 2 is 1.81 bits per heavy atom. The summed E-state index contributed by atoms with van der Waals surface area (Å²) >= 11 is 0. The van der Waals surface area contributed by atoms with E-state index in [9.17, 15) is 22.7 Å². The maximum absolute atomic E-state index is 14.9. The fourth-order valence-electron chi connectivity index (χ4n) is 4.33. The molecule has 4 aromatic rings. The topological polar surface area (TPSA) is 78.0 Å². The standard InChI is InChI=1S/C25H21F4N5O2/c1-14-12-33(13-30-14)20-11-17(26)15(8-21(20)36-2)4-5-22-31-24-25(35,6-3-7-34(24)32-22)16-9-18(27)23(29)19(28)10-16/h4-5,8-13,35H,3,6-7H2,1-2H3/t25-/m1/s1. The molecule has 0 fully saturated rings. The number of aromatic nitrogens is 5. The lowest BCUT2D eigenvalue weighted by Gasteiger charge is -2.31. The van der Waals surface area contributed by atoms with E-state index in [1.165, 1.54) is 36.1 Å². The number of fused-ring (bicyclic) bond motifs is 1. The van der Waals surface area contributed by atoms with Gasteiger partial charge in [0.1, 0.15) is 17.2 Å². The van der Waals surface area contributed by atoms with Gasteiger partial charge in [0.25, 0.3) is 0 Å². The van der Waals surface area contributed by atoms with Gasteiger partial charge in [-0.25, -0.2) is 32.2 Å². The van der Waals surface area contributed by atoms with Crippen LogP contribution in [-0.4, -0.2) is 36.5 Å². The van der Waals surface area contributed by atoms with Crippen LogP contribution in [0.3, 0.4) is 0 Å². The van der Waals surface area contributed by atoms with E-state index in [1.807, 2.05) is 6.92 Å². The molecule has 2 aromatic heterocycles. The summed E-state index contributed by atoms with van der Waals surface area (Å²) in [4.78, 5) is 8.47. The zero-order valence-electron chi connectivity index (χ0n) is 19.3. The van der Waals surface area contributed by atoms with E-state index >= 15 is 0 Å². The summed E-state index contributed by atoms with van der Waals surface area (Å²) in [5, 5.41) is 15.6. The van der Waals surface area contributed by atoms with Crippen molar-refractivity contribution in [3.05, 3.63) is 88.5 Å². The molecule has 0 saturated carbocycles. The first-order valence-corrected chi connectivity index (χ1v) is 11.1. The van der Waals surface area contributed by atoms with Gasteiger partial charge in [0, 0.05) is 24.4 Å². The van der Waals surface area contributed by atoms with Crippen LogP contribution in [0.1, 0.15) is 41.3 Å². The molecule has 1 N–H and O–H groups in total. The second kappa shape index (κ2) is 8.90. The van der Waals surface area contributed by atoms with E-state index in [0.717, 1.165) is 17.8 Å². The number of nitrogens with zero attached hydrogens (tertiary/aromatic N) is 5. The van der Waals surface area contributed by atoms with Crippen molar-refractivity contribution in [3.63, 3.8) is 0 Å². The SMILES string of the molecule is COc1cc(C=Cc2nc3n(n2)CCC[C@@]3(O)c2cc(F)c(F)c(F)c2)c(F)cc1-n1cnc(C)c1. The molecule has 3 heterocycles. The number of aliphatic hydroxyl groups is 1. The van der Waals surface area contributed by atoms with Crippen molar-refractivity contribution < 1.29 is 27.4 Å². The molecule has 0 aliphatic carbocycles. The van der Waals surface area contributed by atoms with Crippen LogP contribution in [0.2, 0.25) is 0 Å². The van der Waals surface area contributed by atoms with Gasteiger partial charge in [-0.3, -0.25) is 0 Å². The van der Waals surface area contributed by atoms with Crippen LogP contribution in [0.4, 0.5) is 17.6 Å². The number of imidazole rings is 1. The fourth-order valence-corrected chi connectivity index (χ4v) is 4.33. The Kier molecular flexibility index (Phi) is 5.87. The first-order valence-electron chi connectivity index (χ1n) is 11.1. The Labute approximate surface area is 203 Å². The molecule has 0 amide bonds. The number of ether oxygens (including phenoxy) is 1. The van der Waals surface area contributed by atoms with Crippen molar-refractivity contribution in [3.8, 4) is 11.4 Å². The largest absolute Gasteiger partial charge is 0.495 e. The van der Waals surface area contributed by atoms with Crippen LogP contribution in [0.25, 0.3) is 17.8 Å². The second-order valence-corrected chi connectivity index (χ2v) is 8.54. The maximum atomic E-state index is 14.9. The zero-order valence-corrected chi connectivity index (χ0v) is 19.3. The van der Waals surface area contributed by atoms with Crippen LogP contribution < -0.4 is 4.74 Å². The average molecular weight is 499 g/mol. The Hall–Kier alpha value is -3.99. The van der Waals surface area contributed by atoms with Gasteiger partial charge in [0.2, 0.25) is 0 Å². The van der Waals surface area contributed by atoms with E-state index in [-0.39, 0.29) is 29.2 Å². The number of halogens is 4. The van der Waals surface area contributed by atoms with Crippen molar-refractivity contribution >= 4 is 12.2 Å². The number of rotatable bonds is 5. The van der Waals surface area contributed by atoms with E-state index in [1.54, 1.807) is 17.1 Å². The molecule has 2 aromatic carbocycles. The van der Waals surface area contributed by atoms with Crippen molar-refractivity contribution in [1.82, 2.24) is 24.3 Å². The third-order valence-electron chi connectivity index (χ3n) is 6.13. The summed E-state index contributed by atoms with van der Waals surface area (Å²) in [6.07, 6.45) is 6.76. The zero-order chi connectivity index (χ0) is 25.6. The molecule has 11 heteroatoms. The molecule has 0 bridgehead atoms. The van der Waals surface area contributed by atoms with Crippen molar-refractivity contribution in [1.29, 1.82) is 0 Å². The number of benzene rings is 2. The van der Waals surface area contributed by atoms with Gasteiger partial charge in [-0.1, -0.05) is 0 Å². The Bertz CT molecular complexity index is 1470. The molecule has 0 saturated heterocycles. The molecule has 1 aliphatic heterocycles. The van der Waals surface area contributed by atoms with E-state index in [2.05, 4.69) is 15.1 Å². The van der Waals surface area contributed by atoms with Gasteiger partial charge in [0.05, 0.1) is 24.8 Å².